The molecule has 6 nitrogen and oxygen atoms in total. The number of nitrogens with zero attached hydrogens (tertiary/aromatic N) is 1. The van der Waals surface area contributed by atoms with Crippen LogP contribution in [0.2, 0.25) is 0 Å². The Kier molecular flexibility index (Phi) is 5.95. The average Bonchev–Trinajstić information content (AvgIpc) is 2.99. The van der Waals surface area contributed by atoms with Gasteiger partial charge in [0.15, 0.2) is 0 Å². The van der Waals surface area contributed by atoms with E-state index >= 15 is 0 Å². The summed E-state index contributed by atoms with van der Waals surface area (Å²) >= 11 is 0. The summed E-state index contributed by atoms with van der Waals surface area (Å²) in [4.78, 5) is 0. The highest BCUT2D eigenvalue weighted by Crippen LogP contribution is 2.69. The van der Waals surface area contributed by atoms with Gasteiger partial charge in [0.2, 0.25) is 5.96 Å². The molecule has 6 heteroatoms. The predicted molar refractivity (Wildman–Crippen MR) is 120 cm³/mol. The number of fused-ring (bicyclic) bond motifs is 5. The number of rotatable bonds is 4. The van der Waals surface area contributed by atoms with E-state index in [1.165, 1.54) is 12.8 Å². The molecule has 0 aromatic rings. The zero-order valence-electron chi connectivity index (χ0n) is 19.1. The molecule has 4 aliphatic rings. The Balaban J connectivity index is 1.45. The summed E-state index contributed by atoms with van der Waals surface area (Å²) in [5, 5.41) is 36.7. The summed E-state index contributed by atoms with van der Waals surface area (Å²) < 4.78 is 0. The summed E-state index contributed by atoms with van der Waals surface area (Å²) in [5.41, 5.74) is 2.45. The minimum Gasteiger partial charge on any atom is -0.393 e. The molecular formula is C24H42N4O2. The maximum Gasteiger partial charge on any atom is 0.208 e. The molecule has 170 valence electrons. The molecule has 0 aromatic heterocycles. The van der Waals surface area contributed by atoms with Gasteiger partial charge in [-0.05, 0) is 105 Å². The second kappa shape index (κ2) is 8.09. The number of hydrogen-bond donors (Lipinski definition) is 5. The van der Waals surface area contributed by atoms with Gasteiger partial charge in [-0.2, -0.15) is 5.10 Å². The molecule has 8 atom stereocenters. The van der Waals surface area contributed by atoms with Crippen LogP contribution in [0.4, 0.5) is 0 Å². The number of hydrazone groups is 1. The van der Waals surface area contributed by atoms with Crippen LogP contribution in [-0.2, 0) is 0 Å². The molecule has 0 radical (unpaired) electrons. The smallest absolute Gasteiger partial charge is 0.208 e. The van der Waals surface area contributed by atoms with E-state index in [2.05, 4.69) is 29.7 Å². The molecule has 30 heavy (non-hydrogen) atoms. The molecule has 4 fully saturated rings. The third-order valence-electron chi connectivity index (χ3n) is 10.2. The molecule has 0 bridgehead atoms. The third-order valence-corrected chi connectivity index (χ3v) is 10.2. The molecule has 0 aliphatic heterocycles. The van der Waals surface area contributed by atoms with Gasteiger partial charge in [0.1, 0.15) is 0 Å². The monoisotopic (exact) mass is 418 g/mol. The van der Waals surface area contributed by atoms with Crippen molar-refractivity contribution in [3.8, 4) is 0 Å². The Morgan fingerprint density at radius 2 is 1.90 bits per heavy atom. The minimum absolute atomic E-state index is 0.00446. The molecular weight excluding hydrogens is 376 g/mol. The maximum atomic E-state index is 12.2. The summed E-state index contributed by atoms with van der Waals surface area (Å²) in [7, 11) is 1.70. The van der Waals surface area contributed by atoms with Gasteiger partial charge in [-0.15, -0.1) is 0 Å². The first-order valence-corrected chi connectivity index (χ1v) is 12.2. The van der Waals surface area contributed by atoms with Crippen LogP contribution in [0.3, 0.4) is 0 Å². The van der Waals surface area contributed by atoms with Crippen LogP contribution in [0, 0.1) is 39.9 Å². The number of aliphatic hydroxyl groups is 2. The fourth-order valence-electron chi connectivity index (χ4n) is 8.28. The SMILES string of the molecule is CNC(=N)N/N=C/CC[C@H]1CC[C@]2(O)[C@@H]3CC[C@@H]4C[C@@H](O)CC[C@]4(C)[C@H]3CC[C@]12C. The van der Waals surface area contributed by atoms with Gasteiger partial charge in [0.05, 0.1) is 11.7 Å². The largest absolute Gasteiger partial charge is 0.393 e. The first-order chi connectivity index (χ1) is 14.2. The van der Waals surface area contributed by atoms with Crippen molar-refractivity contribution in [2.75, 3.05) is 7.05 Å². The molecule has 4 aliphatic carbocycles. The van der Waals surface area contributed by atoms with Crippen LogP contribution in [0.25, 0.3) is 0 Å². The van der Waals surface area contributed by atoms with E-state index in [1.807, 2.05) is 6.21 Å². The zero-order valence-corrected chi connectivity index (χ0v) is 19.1. The summed E-state index contributed by atoms with van der Waals surface area (Å²) in [6.45, 7) is 4.84. The maximum absolute atomic E-state index is 12.2. The van der Waals surface area contributed by atoms with Gasteiger partial charge in [0.25, 0.3) is 0 Å². The first-order valence-electron chi connectivity index (χ1n) is 12.2. The van der Waals surface area contributed by atoms with Gasteiger partial charge in [-0.1, -0.05) is 13.8 Å². The standard InChI is InChI=1S/C24H42N4O2/c1-22-11-9-18(29)15-17(22)6-7-20-19(22)10-12-23(2)16(8-13-24(20,23)30)5-4-14-27-28-21(25)26-3/h14,16-20,29-30H,4-13,15H2,1-3H3,(H3,25,26,28)/b27-14+/t16-,17+,18-,19-,20+,22-,23+,24-/m0/s1. The van der Waals surface area contributed by atoms with Crippen LogP contribution in [-0.4, -0.2) is 41.1 Å². The van der Waals surface area contributed by atoms with Crippen molar-refractivity contribution < 1.29 is 10.2 Å². The van der Waals surface area contributed by atoms with Gasteiger partial charge in [-0.3, -0.25) is 5.41 Å². The molecule has 0 saturated heterocycles. The van der Waals surface area contributed by atoms with E-state index in [4.69, 9.17) is 5.41 Å². The minimum atomic E-state index is -0.533. The molecule has 0 unspecified atom stereocenters. The molecule has 0 heterocycles. The Morgan fingerprint density at radius 1 is 1.10 bits per heavy atom. The third kappa shape index (κ3) is 3.38. The van der Waals surface area contributed by atoms with E-state index < -0.39 is 5.60 Å². The van der Waals surface area contributed by atoms with Crippen LogP contribution in [0.5, 0.6) is 0 Å². The van der Waals surface area contributed by atoms with Crippen molar-refractivity contribution >= 4 is 12.2 Å². The Hall–Kier alpha value is -1.14. The second-order valence-corrected chi connectivity index (χ2v) is 11.2. The highest BCUT2D eigenvalue weighted by Gasteiger charge is 2.66. The summed E-state index contributed by atoms with van der Waals surface area (Å²) in [6.07, 6.45) is 13.5. The fourth-order valence-corrected chi connectivity index (χ4v) is 8.28. The number of hydrogen-bond acceptors (Lipinski definition) is 4. The molecule has 0 spiro atoms. The van der Waals surface area contributed by atoms with Crippen molar-refractivity contribution in [3.05, 3.63) is 0 Å². The Morgan fingerprint density at radius 3 is 2.67 bits per heavy atom. The fraction of sp³-hybridized carbons (Fsp3) is 0.917. The molecule has 5 N–H and O–H groups in total. The average molecular weight is 419 g/mol. The van der Waals surface area contributed by atoms with Gasteiger partial charge in [0, 0.05) is 13.3 Å². The van der Waals surface area contributed by atoms with Crippen molar-refractivity contribution in [1.82, 2.24) is 10.7 Å². The van der Waals surface area contributed by atoms with E-state index in [1.54, 1.807) is 7.05 Å². The van der Waals surface area contributed by atoms with Crippen molar-refractivity contribution in [3.63, 3.8) is 0 Å². The predicted octanol–water partition coefficient (Wildman–Crippen LogP) is 3.63. The normalized spacial score (nSPS) is 48.0. The summed E-state index contributed by atoms with van der Waals surface area (Å²) in [6, 6.07) is 0. The lowest BCUT2D eigenvalue weighted by molar-refractivity contribution is -0.210. The molecule has 0 aromatic carbocycles. The van der Waals surface area contributed by atoms with Crippen LogP contribution >= 0.6 is 0 Å². The second-order valence-electron chi connectivity index (χ2n) is 11.2. The van der Waals surface area contributed by atoms with Crippen molar-refractivity contribution in [2.45, 2.75) is 96.2 Å². The van der Waals surface area contributed by atoms with Crippen LogP contribution in [0.1, 0.15) is 84.5 Å². The highest BCUT2D eigenvalue weighted by molar-refractivity contribution is 5.76. The number of aliphatic hydroxyl groups excluding tert-OH is 1. The topological polar surface area (TPSA) is 101 Å². The Labute approximate surface area is 181 Å². The number of nitrogens with one attached hydrogen (secondary N) is 3. The number of guanidine groups is 1. The first kappa shape index (κ1) is 22.1. The highest BCUT2D eigenvalue weighted by atomic mass is 16.3. The zero-order chi connectivity index (χ0) is 21.6. The van der Waals surface area contributed by atoms with Crippen molar-refractivity contribution in [2.24, 2.45) is 39.6 Å². The summed E-state index contributed by atoms with van der Waals surface area (Å²) in [5.74, 6) is 2.40. The van der Waals surface area contributed by atoms with Gasteiger partial charge >= 0.3 is 0 Å². The van der Waals surface area contributed by atoms with Crippen molar-refractivity contribution in [1.29, 1.82) is 5.41 Å². The van der Waals surface area contributed by atoms with E-state index in [-0.39, 0.29) is 17.5 Å². The van der Waals surface area contributed by atoms with Crippen LogP contribution in [0.15, 0.2) is 5.10 Å². The van der Waals surface area contributed by atoms with Gasteiger partial charge < -0.3 is 15.5 Å². The van der Waals surface area contributed by atoms with E-state index in [0.29, 0.717) is 29.1 Å². The van der Waals surface area contributed by atoms with Crippen LogP contribution < -0.4 is 10.7 Å². The Bertz CT molecular complexity index is 684. The lowest BCUT2D eigenvalue weighted by Crippen LogP contribution is -2.62. The van der Waals surface area contributed by atoms with E-state index in [0.717, 1.165) is 57.8 Å². The molecule has 4 rings (SSSR count). The van der Waals surface area contributed by atoms with Gasteiger partial charge in [-0.25, -0.2) is 5.43 Å². The molecule has 0 amide bonds. The molecule has 4 saturated carbocycles. The quantitative estimate of drug-likeness (QED) is 0.273. The lowest BCUT2D eigenvalue weighted by Gasteiger charge is -2.63. The lowest BCUT2D eigenvalue weighted by atomic mass is 9.43. The van der Waals surface area contributed by atoms with E-state index in [9.17, 15) is 10.2 Å².